The van der Waals surface area contributed by atoms with Gasteiger partial charge in [-0.3, -0.25) is 19.4 Å². The van der Waals surface area contributed by atoms with Crippen LogP contribution in [0.2, 0.25) is 5.02 Å². The van der Waals surface area contributed by atoms with Gasteiger partial charge >= 0.3 is 6.18 Å². The van der Waals surface area contributed by atoms with Gasteiger partial charge in [0.25, 0.3) is 11.8 Å². The zero-order chi connectivity index (χ0) is 31.5. The first-order chi connectivity index (χ1) is 20.9. The van der Waals surface area contributed by atoms with Crippen molar-refractivity contribution in [3.8, 4) is 5.75 Å². The van der Waals surface area contributed by atoms with E-state index in [1.165, 1.54) is 43.6 Å². The van der Waals surface area contributed by atoms with Gasteiger partial charge in [-0.25, -0.2) is 13.8 Å². The van der Waals surface area contributed by atoms with Gasteiger partial charge in [-0.1, -0.05) is 11.6 Å². The van der Waals surface area contributed by atoms with Gasteiger partial charge in [0, 0.05) is 72.1 Å². The summed E-state index contributed by atoms with van der Waals surface area (Å²) in [5.74, 6) is -6.18. The van der Waals surface area contributed by atoms with Crippen LogP contribution >= 0.6 is 11.6 Å². The van der Waals surface area contributed by atoms with E-state index in [-0.39, 0.29) is 29.1 Å². The van der Waals surface area contributed by atoms with Crippen molar-refractivity contribution in [2.75, 3.05) is 43.6 Å². The predicted octanol–water partition coefficient (Wildman–Crippen LogP) is 4.86. The van der Waals surface area contributed by atoms with E-state index >= 15 is 8.78 Å². The maximum atomic E-state index is 15.4. The summed E-state index contributed by atoms with van der Waals surface area (Å²) in [5, 5.41) is 2.83. The summed E-state index contributed by atoms with van der Waals surface area (Å²) in [4.78, 5) is 35.6. The monoisotopic (exact) mass is 635 g/mol. The lowest BCUT2D eigenvalue weighted by molar-refractivity contribution is -0.136. The Labute approximate surface area is 254 Å². The molecule has 14 heteroatoms. The summed E-state index contributed by atoms with van der Waals surface area (Å²) >= 11 is 5.91. The van der Waals surface area contributed by atoms with Crippen molar-refractivity contribution in [3.63, 3.8) is 0 Å². The minimum absolute atomic E-state index is 0.0835. The molecule has 6 rings (SSSR count). The second-order valence-corrected chi connectivity index (χ2v) is 11.6. The molecule has 3 aliphatic heterocycles. The third-order valence-electron chi connectivity index (χ3n) is 8.64. The first-order valence-corrected chi connectivity index (χ1v) is 14.2. The number of methoxy groups -OCH3 is 1. The molecule has 3 saturated heterocycles. The molecule has 2 amide bonds. The van der Waals surface area contributed by atoms with E-state index in [0.29, 0.717) is 24.5 Å². The number of hydrogen-bond donors (Lipinski definition) is 1. The van der Waals surface area contributed by atoms with Gasteiger partial charge in [0.2, 0.25) is 0 Å². The number of anilines is 2. The molecular formula is C30H27ClF5N5O3. The van der Waals surface area contributed by atoms with Crippen molar-refractivity contribution in [1.29, 1.82) is 0 Å². The Hall–Kier alpha value is -3.97. The fourth-order valence-corrected chi connectivity index (χ4v) is 6.65. The highest BCUT2D eigenvalue weighted by Crippen LogP contribution is 2.47. The maximum absolute atomic E-state index is 15.4. The molecule has 0 spiro atoms. The third-order valence-corrected chi connectivity index (χ3v) is 8.89. The first kappa shape index (κ1) is 30.1. The van der Waals surface area contributed by atoms with Crippen molar-refractivity contribution in [3.05, 3.63) is 82.0 Å². The summed E-state index contributed by atoms with van der Waals surface area (Å²) in [6, 6.07) is 7.03. The molecule has 1 aromatic heterocycles. The van der Waals surface area contributed by atoms with Crippen LogP contribution in [0.3, 0.4) is 0 Å². The summed E-state index contributed by atoms with van der Waals surface area (Å²) in [6.45, 7) is 0.365. The second-order valence-electron chi connectivity index (χ2n) is 11.2. The molecule has 1 unspecified atom stereocenters. The van der Waals surface area contributed by atoms with Gasteiger partial charge in [0.05, 0.1) is 12.8 Å². The van der Waals surface area contributed by atoms with Crippen molar-refractivity contribution < 1.29 is 36.3 Å². The number of ether oxygens (including phenoxy) is 1. The fourth-order valence-electron chi connectivity index (χ4n) is 6.52. The summed E-state index contributed by atoms with van der Waals surface area (Å²) in [5.41, 5.74) is -1.74. The second kappa shape index (κ2) is 11.2. The molecule has 0 radical (unpaired) electrons. The Morgan fingerprint density at radius 1 is 1.05 bits per heavy atom. The van der Waals surface area contributed by atoms with E-state index in [2.05, 4.69) is 15.2 Å². The predicted molar refractivity (Wildman–Crippen MR) is 152 cm³/mol. The number of piperazine rings is 1. The van der Waals surface area contributed by atoms with Gasteiger partial charge in [-0.2, -0.15) is 13.2 Å². The van der Waals surface area contributed by atoms with E-state index in [9.17, 15) is 22.8 Å². The van der Waals surface area contributed by atoms with Crippen LogP contribution in [0.15, 0.2) is 48.7 Å². The van der Waals surface area contributed by atoms with Crippen LogP contribution in [0.1, 0.15) is 33.8 Å². The molecule has 3 aromatic rings. The number of benzene rings is 2. The number of nitrogens with zero attached hydrogens (tertiary/aromatic N) is 4. The number of hydrogen-bond acceptors (Lipinski definition) is 6. The lowest BCUT2D eigenvalue weighted by Gasteiger charge is -2.35. The number of pyridine rings is 1. The zero-order valence-corrected chi connectivity index (χ0v) is 24.3. The normalized spacial score (nSPS) is 23.5. The van der Waals surface area contributed by atoms with E-state index < -0.39 is 65.1 Å². The van der Waals surface area contributed by atoms with E-state index in [0.717, 1.165) is 17.0 Å². The molecule has 232 valence electrons. The first-order valence-electron chi connectivity index (χ1n) is 13.8. The molecule has 1 N–H and O–H groups in total. The molecule has 4 heterocycles. The summed E-state index contributed by atoms with van der Waals surface area (Å²) in [7, 11) is 3.13. The average molecular weight is 636 g/mol. The van der Waals surface area contributed by atoms with Crippen LogP contribution in [0.5, 0.6) is 5.75 Å². The van der Waals surface area contributed by atoms with Crippen molar-refractivity contribution in [2.45, 2.75) is 36.6 Å². The van der Waals surface area contributed by atoms with Crippen molar-refractivity contribution >= 4 is 34.9 Å². The Bertz CT molecular complexity index is 1600. The highest BCUT2D eigenvalue weighted by Gasteiger charge is 2.51. The number of alkyl halides is 3. The Kier molecular flexibility index (Phi) is 7.65. The van der Waals surface area contributed by atoms with Crippen LogP contribution in [0.4, 0.5) is 33.5 Å². The van der Waals surface area contributed by atoms with E-state index in [1.54, 1.807) is 4.90 Å². The number of nitrogens with one attached hydrogen (secondary N) is 1. The van der Waals surface area contributed by atoms with Gasteiger partial charge < -0.3 is 15.0 Å². The number of halogens is 6. The molecule has 3 fully saturated rings. The topological polar surface area (TPSA) is 78.0 Å². The minimum Gasteiger partial charge on any atom is -0.497 e. The van der Waals surface area contributed by atoms with Gasteiger partial charge in [-0.05, 0) is 43.8 Å². The Morgan fingerprint density at radius 2 is 1.73 bits per heavy atom. The molecule has 4 atom stereocenters. The maximum Gasteiger partial charge on any atom is 0.421 e. The number of amides is 2. The number of carbonyl (C=O) groups is 2. The highest BCUT2D eigenvalue weighted by molar-refractivity contribution is 6.30. The van der Waals surface area contributed by atoms with E-state index in [4.69, 9.17) is 16.3 Å². The van der Waals surface area contributed by atoms with Gasteiger partial charge in [0.15, 0.2) is 0 Å². The van der Waals surface area contributed by atoms with Crippen LogP contribution in [-0.2, 0) is 11.0 Å². The number of fused-ring (bicyclic) bond motifs is 2. The molecular weight excluding hydrogens is 609 g/mol. The fraction of sp³-hybridized carbons (Fsp3) is 0.367. The minimum atomic E-state index is -4.93. The standard InChI is InChI=1S/C30H27ClF5N5O3/c1-39-12-18-9-17(39)13-40(18)23-7-8-37-27(25(23)30(34,35)36)41-14-20(24-21(32)10-19(44-2)11-22(24)33)26(29(41)43)38-28(42)15-3-5-16(31)6-4-15/h3-8,10-11,17-18,20,26H,9,12-14H2,1-2H3,(H,38,42)/t17-,18-,20-,26?/m0/s1. The Morgan fingerprint density at radius 3 is 2.30 bits per heavy atom. The SMILES string of the molecule is COc1cc(F)c([C@@H]2CN(c3nccc(N4C[C@@H]5C[C@H]4CN5C)c3C(F)(F)F)C(=O)C2NC(=O)c2ccc(Cl)cc2)c(F)c1. The van der Waals surface area contributed by atoms with Crippen LogP contribution in [0, 0.1) is 11.6 Å². The number of rotatable bonds is 6. The highest BCUT2D eigenvalue weighted by atomic mass is 35.5. The number of likely N-dealkylation sites (tertiary alicyclic amines) is 1. The molecule has 2 bridgehead atoms. The Balaban J connectivity index is 1.43. The van der Waals surface area contributed by atoms with Crippen LogP contribution < -0.4 is 19.9 Å². The van der Waals surface area contributed by atoms with Crippen molar-refractivity contribution in [2.24, 2.45) is 0 Å². The molecule has 44 heavy (non-hydrogen) atoms. The van der Waals surface area contributed by atoms with Crippen molar-refractivity contribution in [1.82, 2.24) is 15.2 Å². The van der Waals surface area contributed by atoms with E-state index in [1.807, 2.05) is 7.05 Å². The summed E-state index contributed by atoms with van der Waals surface area (Å²) in [6.07, 6.45) is -3.04. The lowest BCUT2D eigenvalue weighted by atomic mass is 9.92. The van der Waals surface area contributed by atoms with Crippen LogP contribution in [-0.4, -0.2) is 73.6 Å². The summed E-state index contributed by atoms with van der Waals surface area (Å²) < 4.78 is 80.1. The number of likely N-dealkylation sites (N-methyl/N-ethyl adjacent to an activating group) is 1. The largest absolute Gasteiger partial charge is 0.497 e. The quantitative estimate of drug-likeness (QED) is 0.390. The third kappa shape index (κ3) is 5.21. The molecule has 0 aliphatic carbocycles. The molecule has 0 saturated carbocycles. The van der Waals surface area contributed by atoms with Gasteiger partial charge in [-0.15, -0.1) is 0 Å². The molecule has 8 nitrogen and oxygen atoms in total. The number of carbonyl (C=O) groups excluding carboxylic acids is 2. The lowest BCUT2D eigenvalue weighted by Crippen LogP contribution is -2.46. The smallest absolute Gasteiger partial charge is 0.421 e. The number of aromatic nitrogens is 1. The molecule has 2 aromatic carbocycles. The average Bonchev–Trinajstić information content (AvgIpc) is 3.65. The molecule has 3 aliphatic rings. The van der Waals surface area contributed by atoms with Gasteiger partial charge in [0.1, 0.15) is 34.8 Å². The zero-order valence-electron chi connectivity index (χ0n) is 23.5. The van der Waals surface area contributed by atoms with Crippen LogP contribution in [0.25, 0.3) is 0 Å².